The summed E-state index contributed by atoms with van der Waals surface area (Å²) in [7, 11) is 0. The number of nitrogens with zero attached hydrogens (tertiary/aromatic N) is 4. The molecule has 1 N–H and O–H groups in total. The molecule has 8 heteroatoms. The summed E-state index contributed by atoms with van der Waals surface area (Å²) in [5, 5.41) is 8.29. The smallest absolute Gasteiger partial charge is 0.282 e. The van der Waals surface area contributed by atoms with E-state index in [1.165, 1.54) is 15.6 Å². The summed E-state index contributed by atoms with van der Waals surface area (Å²) in [6.07, 6.45) is 1.38. The third kappa shape index (κ3) is 3.05. The molecule has 4 rings (SSSR count). The number of hydrogen-bond acceptors (Lipinski definition) is 4. The summed E-state index contributed by atoms with van der Waals surface area (Å²) >= 11 is 5.91. The second-order valence-corrected chi connectivity index (χ2v) is 6.74. The van der Waals surface area contributed by atoms with Gasteiger partial charge >= 0.3 is 0 Å². The molecule has 0 aliphatic heterocycles. The predicted molar refractivity (Wildman–Crippen MR) is 110 cm³/mol. The first kappa shape index (κ1) is 17.9. The summed E-state index contributed by atoms with van der Waals surface area (Å²) in [6, 6.07) is 14.0. The number of halogens is 1. The van der Waals surface area contributed by atoms with Crippen molar-refractivity contribution in [3.63, 3.8) is 0 Å². The van der Waals surface area contributed by atoms with E-state index in [1.807, 2.05) is 6.07 Å². The molecule has 2 aromatic carbocycles. The molecule has 0 fully saturated rings. The van der Waals surface area contributed by atoms with Gasteiger partial charge in [-0.25, -0.2) is 9.67 Å². The lowest BCUT2D eigenvalue weighted by molar-refractivity contribution is 0.770. The number of H-pyrrole nitrogens is 1. The largest absolute Gasteiger partial charge is 0.295 e. The van der Waals surface area contributed by atoms with E-state index in [1.54, 1.807) is 56.3 Å². The van der Waals surface area contributed by atoms with Gasteiger partial charge in [-0.2, -0.15) is 9.78 Å². The monoisotopic (exact) mass is 393 g/mol. The van der Waals surface area contributed by atoms with E-state index >= 15 is 0 Å². The van der Waals surface area contributed by atoms with Crippen LogP contribution in [0.4, 0.5) is 0 Å². The summed E-state index contributed by atoms with van der Waals surface area (Å²) in [5.74, 6) is 0.436. The van der Waals surface area contributed by atoms with E-state index in [0.29, 0.717) is 38.7 Å². The molecular weight excluding hydrogens is 378 g/mol. The Morgan fingerprint density at radius 1 is 1.04 bits per heavy atom. The summed E-state index contributed by atoms with van der Waals surface area (Å²) in [6.45, 7) is 3.46. The minimum atomic E-state index is -0.287. The number of benzene rings is 2. The van der Waals surface area contributed by atoms with E-state index in [4.69, 9.17) is 11.6 Å². The number of fused-ring (bicyclic) bond motifs is 1. The zero-order valence-corrected chi connectivity index (χ0v) is 15.9. The Labute approximate surface area is 164 Å². The average molecular weight is 394 g/mol. The first-order valence-electron chi connectivity index (χ1n) is 8.56. The van der Waals surface area contributed by atoms with Crippen molar-refractivity contribution in [3.05, 3.63) is 91.3 Å². The molecule has 7 nitrogen and oxygen atoms in total. The van der Waals surface area contributed by atoms with Crippen molar-refractivity contribution < 1.29 is 0 Å². The van der Waals surface area contributed by atoms with Crippen molar-refractivity contribution >= 4 is 28.7 Å². The topological polar surface area (TPSA) is 85.0 Å². The van der Waals surface area contributed by atoms with Gasteiger partial charge in [0.25, 0.3) is 11.1 Å². The Kier molecular flexibility index (Phi) is 4.44. The van der Waals surface area contributed by atoms with Crippen LogP contribution in [0.15, 0.2) is 63.2 Å². The van der Waals surface area contributed by atoms with Crippen LogP contribution in [0.1, 0.15) is 17.1 Å². The second kappa shape index (κ2) is 6.94. The van der Waals surface area contributed by atoms with Gasteiger partial charge in [-0.15, -0.1) is 0 Å². The maximum Gasteiger partial charge on any atom is 0.282 e. The molecule has 0 aliphatic carbocycles. The molecule has 0 saturated heterocycles. The molecule has 0 atom stereocenters. The van der Waals surface area contributed by atoms with E-state index in [0.717, 1.165) is 0 Å². The summed E-state index contributed by atoms with van der Waals surface area (Å²) < 4.78 is 2.60. The van der Waals surface area contributed by atoms with Crippen LogP contribution >= 0.6 is 11.6 Å². The Morgan fingerprint density at radius 2 is 1.75 bits per heavy atom. The summed E-state index contributed by atoms with van der Waals surface area (Å²) in [4.78, 5) is 29.9. The van der Waals surface area contributed by atoms with Crippen LogP contribution in [0, 0.1) is 13.8 Å². The fourth-order valence-electron chi connectivity index (χ4n) is 2.97. The number of aryl methyl sites for hydroxylation is 2. The van der Waals surface area contributed by atoms with Gasteiger partial charge in [0.15, 0.2) is 0 Å². The highest BCUT2D eigenvalue weighted by molar-refractivity contribution is 6.30. The third-order valence-corrected chi connectivity index (χ3v) is 4.67. The molecule has 0 bridgehead atoms. The van der Waals surface area contributed by atoms with Crippen molar-refractivity contribution in [2.45, 2.75) is 13.8 Å². The van der Waals surface area contributed by atoms with Crippen LogP contribution in [0.5, 0.6) is 0 Å². The SMILES string of the molecule is Cc1[nH]n(-c2ccc(Cl)cc2)c(=O)c1C=Nn1c(C)nc2ccccc2c1=O. The number of rotatable bonds is 3. The molecular formula is C20H16ClN5O2. The van der Waals surface area contributed by atoms with E-state index in [-0.39, 0.29) is 11.1 Å². The molecule has 2 heterocycles. The molecule has 0 spiro atoms. The zero-order valence-electron chi connectivity index (χ0n) is 15.2. The van der Waals surface area contributed by atoms with Gasteiger partial charge < -0.3 is 0 Å². The van der Waals surface area contributed by atoms with Crippen molar-refractivity contribution in [2.75, 3.05) is 0 Å². The van der Waals surface area contributed by atoms with E-state index in [9.17, 15) is 9.59 Å². The fraction of sp³-hybridized carbons (Fsp3) is 0.100. The number of para-hydroxylation sites is 1. The van der Waals surface area contributed by atoms with Gasteiger partial charge in [0.2, 0.25) is 0 Å². The highest BCUT2D eigenvalue weighted by Gasteiger charge is 2.12. The lowest BCUT2D eigenvalue weighted by Gasteiger charge is -2.04. The standard InChI is InChI=1S/C20H16ClN5O2/c1-12-17(20(28)26(24-12)15-9-7-14(21)8-10-15)11-22-25-13(2)23-18-6-4-3-5-16(18)19(25)27/h3-11,24H,1-2H3. The molecule has 28 heavy (non-hydrogen) atoms. The molecule has 0 unspecified atom stereocenters. The molecule has 0 radical (unpaired) electrons. The van der Waals surface area contributed by atoms with Crippen LogP contribution in [0.25, 0.3) is 16.6 Å². The Balaban J connectivity index is 1.79. The van der Waals surface area contributed by atoms with Crippen LogP contribution in [0.3, 0.4) is 0 Å². The lowest BCUT2D eigenvalue weighted by Crippen LogP contribution is -2.21. The maximum absolute atomic E-state index is 12.8. The van der Waals surface area contributed by atoms with Gasteiger partial charge in [0.1, 0.15) is 5.82 Å². The third-order valence-electron chi connectivity index (χ3n) is 4.42. The quantitative estimate of drug-likeness (QED) is 0.543. The van der Waals surface area contributed by atoms with Crippen LogP contribution in [-0.2, 0) is 0 Å². The zero-order chi connectivity index (χ0) is 19.8. The number of aromatic nitrogens is 4. The number of hydrogen-bond donors (Lipinski definition) is 1. The van der Waals surface area contributed by atoms with E-state index in [2.05, 4.69) is 15.2 Å². The minimum absolute atomic E-state index is 0.275. The lowest BCUT2D eigenvalue weighted by atomic mass is 10.2. The highest BCUT2D eigenvalue weighted by atomic mass is 35.5. The first-order valence-corrected chi connectivity index (χ1v) is 8.94. The van der Waals surface area contributed by atoms with Crippen molar-refractivity contribution in [1.29, 1.82) is 0 Å². The Bertz CT molecular complexity index is 1330. The Morgan fingerprint density at radius 3 is 2.50 bits per heavy atom. The van der Waals surface area contributed by atoms with Gasteiger partial charge in [0, 0.05) is 10.7 Å². The van der Waals surface area contributed by atoms with Crippen LogP contribution < -0.4 is 11.1 Å². The fourth-order valence-corrected chi connectivity index (χ4v) is 3.10. The number of aromatic amines is 1. The first-order chi connectivity index (χ1) is 13.5. The van der Waals surface area contributed by atoms with Crippen LogP contribution in [0.2, 0.25) is 5.02 Å². The van der Waals surface area contributed by atoms with Crippen molar-refractivity contribution in [3.8, 4) is 5.69 Å². The maximum atomic E-state index is 12.8. The predicted octanol–water partition coefficient (Wildman–Crippen LogP) is 3.03. The number of nitrogens with one attached hydrogen (secondary N) is 1. The molecule has 0 saturated carbocycles. The van der Waals surface area contributed by atoms with Crippen molar-refractivity contribution in [2.24, 2.45) is 5.10 Å². The van der Waals surface area contributed by atoms with Gasteiger partial charge in [0.05, 0.1) is 28.4 Å². The summed E-state index contributed by atoms with van der Waals surface area (Å²) in [5.41, 5.74) is 1.68. The molecule has 2 aromatic heterocycles. The Hall–Kier alpha value is -3.45. The average Bonchev–Trinajstić information content (AvgIpc) is 2.96. The second-order valence-electron chi connectivity index (χ2n) is 6.31. The molecule has 140 valence electrons. The van der Waals surface area contributed by atoms with Gasteiger partial charge in [-0.1, -0.05) is 23.7 Å². The van der Waals surface area contributed by atoms with E-state index < -0.39 is 0 Å². The highest BCUT2D eigenvalue weighted by Crippen LogP contribution is 2.12. The van der Waals surface area contributed by atoms with Crippen LogP contribution in [-0.4, -0.2) is 25.7 Å². The van der Waals surface area contributed by atoms with Gasteiger partial charge in [-0.3, -0.25) is 14.7 Å². The molecule has 0 amide bonds. The van der Waals surface area contributed by atoms with Crippen molar-refractivity contribution in [1.82, 2.24) is 19.4 Å². The normalized spacial score (nSPS) is 11.5. The molecule has 0 aliphatic rings. The molecule has 4 aromatic rings. The minimum Gasteiger partial charge on any atom is -0.295 e. The van der Waals surface area contributed by atoms with Gasteiger partial charge in [-0.05, 0) is 50.2 Å².